The molecule has 0 radical (unpaired) electrons. The Hall–Kier alpha value is -0.660. The lowest BCUT2D eigenvalue weighted by atomic mass is 9.81. The van der Waals surface area contributed by atoms with E-state index in [1.165, 1.54) is 0 Å². The van der Waals surface area contributed by atoms with Crippen molar-refractivity contribution in [3.63, 3.8) is 0 Å². The molecule has 2 rings (SSSR count). The number of halogens is 1. The molecule has 1 heterocycles. The van der Waals surface area contributed by atoms with Gasteiger partial charge in [-0.25, -0.2) is 8.42 Å². The average molecular weight is 362 g/mol. The molecule has 1 aliphatic heterocycles. The predicted octanol–water partition coefficient (Wildman–Crippen LogP) is 1.92. The van der Waals surface area contributed by atoms with Crippen LogP contribution in [0.4, 0.5) is 0 Å². The molecular formula is C16H28ClN3O2S. The smallest absolute Gasteiger partial charge is 0.243 e. The molecule has 1 saturated heterocycles. The highest BCUT2D eigenvalue weighted by atomic mass is 35.5. The topological polar surface area (TPSA) is 66.6 Å². The second-order valence-electron chi connectivity index (χ2n) is 7.10. The fourth-order valence-electron chi connectivity index (χ4n) is 2.81. The molecule has 23 heavy (non-hydrogen) atoms. The van der Waals surface area contributed by atoms with Gasteiger partial charge in [0.15, 0.2) is 0 Å². The van der Waals surface area contributed by atoms with E-state index in [4.69, 9.17) is 5.73 Å². The second kappa shape index (κ2) is 7.49. The largest absolute Gasteiger partial charge is 0.327 e. The number of hydrogen-bond acceptors (Lipinski definition) is 4. The van der Waals surface area contributed by atoms with E-state index >= 15 is 0 Å². The minimum atomic E-state index is -3.44. The van der Waals surface area contributed by atoms with Crippen LogP contribution in [0.2, 0.25) is 0 Å². The van der Waals surface area contributed by atoms with Crippen molar-refractivity contribution in [3.05, 3.63) is 29.8 Å². The van der Waals surface area contributed by atoms with Gasteiger partial charge in [-0.1, -0.05) is 26.0 Å². The Morgan fingerprint density at radius 3 is 2.30 bits per heavy atom. The SMILES string of the molecule is CN(C)Cc1ccc(S(=O)(=O)N2CCC(N)C(C)(C)C2)cc1.Cl. The van der Waals surface area contributed by atoms with E-state index in [2.05, 4.69) is 4.90 Å². The van der Waals surface area contributed by atoms with Gasteiger partial charge in [-0.15, -0.1) is 12.4 Å². The van der Waals surface area contributed by atoms with Crippen molar-refractivity contribution >= 4 is 22.4 Å². The van der Waals surface area contributed by atoms with E-state index in [1.807, 2.05) is 40.1 Å². The van der Waals surface area contributed by atoms with Crippen LogP contribution >= 0.6 is 12.4 Å². The van der Waals surface area contributed by atoms with Crippen molar-refractivity contribution in [1.29, 1.82) is 0 Å². The van der Waals surface area contributed by atoms with E-state index in [1.54, 1.807) is 16.4 Å². The first-order valence-corrected chi connectivity index (χ1v) is 9.06. The first-order valence-electron chi connectivity index (χ1n) is 7.62. The van der Waals surface area contributed by atoms with Gasteiger partial charge in [0.1, 0.15) is 0 Å². The highest BCUT2D eigenvalue weighted by Gasteiger charge is 2.38. The zero-order valence-corrected chi connectivity index (χ0v) is 16.0. The van der Waals surface area contributed by atoms with E-state index in [0.29, 0.717) is 24.4 Å². The summed E-state index contributed by atoms with van der Waals surface area (Å²) in [7, 11) is 0.542. The van der Waals surface area contributed by atoms with Gasteiger partial charge >= 0.3 is 0 Å². The van der Waals surface area contributed by atoms with Crippen LogP contribution in [0.5, 0.6) is 0 Å². The molecule has 1 aromatic carbocycles. The van der Waals surface area contributed by atoms with Gasteiger partial charge in [-0.2, -0.15) is 4.31 Å². The third kappa shape index (κ3) is 4.67. The third-order valence-corrected chi connectivity index (χ3v) is 6.20. The fraction of sp³-hybridized carbons (Fsp3) is 0.625. The number of rotatable bonds is 4. The van der Waals surface area contributed by atoms with Gasteiger partial charge in [0.2, 0.25) is 10.0 Å². The summed E-state index contributed by atoms with van der Waals surface area (Å²) in [4.78, 5) is 2.42. The van der Waals surface area contributed by atoms with Crippen LogP contribution in [0.25, 0.3) is 0 Å². The number of hydrogen-bond donors (Lipinski definition) is 1. The zero-order valence-electron chi connectivity index (χ0n) is 14.3. The van der Waals surface area contributed by atoms with Crippen molar-refractivity contribution in [2.75, 3.05) is 27.2 Å². The molecule has 0 bridgehead atoms. The summed E-state index contributed by atoms with van der Waals surface area (Å²) in [5.41, 5.74) is 7.00. The van der Waals surface area contributed by atoms with E-state index in [-0.39, 0.29) is 23.9 Å². The van der Waals surface area contributed by atoms with Crippen LogP contribution in [0, 0.1) is 5.41 Å². The maximum absolute atomic E-state index is 12.8. The van der Waals surface area contributed by atoms with Crippen LogP contribution in [0.1, 0.15) is 25.8 Å². The number of sulfonamides is 1. The standard InChI is InChI=1S/C16H27N3O2S.ClH/c1-16(2)12-19(10-9-15(16)17)22(20,21)14-7-5-13(6-8-14)11-18(3)4;/h5-8,15H,9-12,17H2,1-4H3;1H. The highest BCUT2D eigenvalue weighted by Crippen LogP contribution is 2.31. The summed E-state index contributed by atoms with van der Waals surface area (Å²) >= 11 is 0. The van der Waals surface area contributed by atoms with Gasteiger partial charge in [-0.05, 0) is 43.6 Å². The molecule has 0 aromatic heterocycles. The molecule has 2 N–H and O–H groups in total. The summed E-state index contributed by atoms with van der Waals surface area (Å²) in [6.45, 7) is 5.81. The molecule has 0 saturated carbocycles. The molecular weight excluding hydrogens is 334 g/mol. The Bertz CT molecular complexity index is 615. The summed E-state index contributed by atoms with van der Waals surface area (Å²) in [5, 5.41) is 0. The van der Waals surface area contributed by atoms with Crippen molar-refractivity contribution in [1.82, 2.24) is 9.21 Å². The Labute approximate surface area is 146 Å². The van der Waals surface area contributed by atoms with Gasteiger partial charge in [-0.3, -0.25) is 0 Å². The first-order chi connectivity index (χ1) is 10.1. The summed E-state index contributed by atoms with van der Waals surface area (Å²) in [6.07, 6.45) is 0.699. The molecule has 1 unspecified atom stereocenters. The van der Waals surface area contributed by atoms with E-state index in [9.17, 15) is 8.42 Å². The molecule has 0 spiro atoms. The average Bonchev–Trinajstić information content (AvgIpc) is 2.41. The number of benzene rings is 1. The Kier molecular flexibility index (Phi) is 6.64. The molecule has 1 aliphatic rings. The second-order valence-corrected chi connectivity index (χ2v) is 9.04. The minimum absolute atomic E-state index is 0. The highest BCUT2D eigenvalue weighted by molar-refractivity contribution is 7.89. The molecule has 5 nitrogen and oxygen atoms in total. The summed E-state index contributed by atoms with van der Waals surface area (Å²) < 4.78 is 27.1. The van der Waals surface area contributed by atoms with Crippen LogP contribution in [0.3, 0.4) is 0 Å². The van der Waals surface area contributed by atoms with Crippen LogP contribution in [-0.4, -0.2) is 50.8 Å². The minimum Gasteiger partial charge on any atom is -0.327 e. The molecule has 1 fully saturated rings. The molecule has 1 aromatic rings. The van der Waals surface area contributed by atoms with Crippen LogP contribution in [0.15, 0.2) is 29.2 Å². The molecule has 0 amide bonds. The first kappa shape index (κ1) is 20.4. The lowest BCUT2D eigenvalue weighted by molar-refractivity contribution is 0.155. The monoisotopic (exact) mass is 361 g/mol. The predicted molar refractivity (Wildman–Crippen MR) is 96.2 cm³/mol. The van der Waals surface area contributed by atoms with Crippen LogP contribution < -0.4 is 5.73 Å². The lowest BCUT2D eigenvalue weighted by Gasteiger charge is -2.41. The quantitative estimate of drug-likeness (QED) is 0.889. The third-order valence-electron chi connectivity index (χ3n) is 4.34. The van der Waals surface area contributed by atoms with Gasteiger partial charge in [0, 0.05) is 25.7 Å². The number of nitrogens with two attached hydrogens (primary N) is 1. The maximum Gasteiger partial charge on any atom is 0.243 e. The Morgan fingerprint density at radius 2 is 1.83 bits per heavy atom. The van der Waals surface area contributed by atoms with Crippen molar-refractivity contribution in [2.24, 2.45) is 11.1 Å². The molecule has 7 heteroatoms. The Morgan fingerprint density at radius 1 is 1.26 bits per heavy atom. The summed E-state index contributed by atoms with van der Waals surface area (Å²) in [5.74, 6) is 0. The summed E-state index contributed by atoms with van der Waals surface area (Å²) in [6, 6.07) is 7.22. The number of nitrogens with zero attached hydrogens (tertiary/aromatic N) is 2. The van der Waals surface area contributed by atoms with E-state index in [0.717, 1.165) is 12.1 Å². The van der Waals surface area contributed by atoms with Crippen molar-refractivity contribution in [3.8, 4) is 0 Å². The number of piperidine rings is 1. The van der Waals surface area contributed by atoms with Gasteiger partial charge < -0.3 is 10.6 Å². The van der Waals surface area contributed by atoms with Crippen molar-refractivity contribution < 1.29 is 8.42 Å². The maximum atomic E-state index is 12.8. The lowest BCUT2D eigenvalue weighted by Crippen LogP contribution is -2.53. The van der Waals surface area contributed by atoms with Gasteiger partial charge in [0.05, 0.1) is 4.90 Å². The zero-order chi connectivity index (χ0) is 16.5. The van der Waals surface area contributed by atoms with Crippen LogP contribution in [-0.2, 0) is 16.6 Å². The molecule has 0 aliphatic carbocycles. The van der Waals surface area contributed by atoms with Crippen molar-refractivity contribution in [2.45, 2.75) is 37.8 Å². The Balaban J connectivity index is 0.00000264. The fourth-order valence-corrected chi connectivity index (χ4v) is 4.44. The van der Waals surface area contributed by atoms with Gasteiger partial charge in [0.25, 0.3) is 0 Å². The molecule has 132 valence electrons. The van der Waals surface area contributed by atoms with E-state index < -0.39 is 10.0 Å². The molecule has 1 atom stereocenters. The normalized spacial score (nSPS) is 21.9.